The van der Waals surface area contributed by atoms with Crippen LogP contribution in [0, 0.1) is 10.1 Å². The third kappa shape index (κ3) is 2.65. The summed E-state index contributed by atoms with van der Waals surface area (Å²) in [6, 6.07) is 6.25. The maximum Gasteiger partial charge on any atom is 0.275 e. The molecule has 1 N–H and O–H groups in total. The van der Waals surface area contributed by atoms with Crippen molar-refractivity contribution < 1.29 is 9.34 Å². The summed E-state index contributed by atoms with van der Waals surface area (Å²) in [5, 5.41) is 13.9. The van der Waals surface area contributed by atoms with E-state index in [4.69, 9.17) is 4.42 Å². The molecular weight excluding hydrogens is 234 g/mol. The molecule has 2 heterocycles. The largest absolute Gasteiger partial charge is 0.463 e. The lowest BCUT2D eigenvalue weighted by molar-refractivity contribution is -0.384. The topological polar surface area (TPSA) is 81.2 Å². The maximum atomic E-state index is 10.9. The number of rotatable bonds is 5. The number of nitrogens with one attached hydrogen (secondary N) is 1. The lowest BCUT2D eigenvalue weighted by Gasteiger charge is -2.05. The Hall–Kier alpha value is -2.37. The second-order valence-corrected chi connectivity index (χ2v) is 3.76. The lowest BCUT2D eigenvalue weighted by atomic mass is 10.2. The van der Waals surface area contributed by atoms with Crippen molar-refractivity contribution in [1.29, 1.82) is 0 Å². The van der Waals surface area contributed by atoms with Crippen LogP contribution >= 0.6 is 0 Å². The van der Waals surface area contributed by atoms with Gasteiger partial charge in [-0.2, -0.15) is 0 Å². The zero-order valence-corrected chi connectivity index (χ0v) is 9.92. The highest BCUT2D eigenvalue weighted by Crippen LogP contribution is 2.25. The molecule has 0 unspecified atom stereocenters. The SMILES string of the molecule is CCCNc1cc([N+](=O)[O-])cc(-c2ccco2)n1. The van der Waals surface area contributed by atoms with Gasteiger partial charge in [0.25, 0.3) is 5.69 Å². The number of nitro groups is 1. The van der Waals surface area contributed by atoms with Gasteiger partial charge in [-0.25, -0.2) is 4.98 Å². The average molecular weight is 247 g/mol. The van der Waals surface area contributed by atoms with Crippen LogP contribution in [0.1, 0.15) is 13.3 Å². The molecule has 0 saturated heterocycles. The van der Waals surface area contributed by atoms with Crippen LogP contribution in [0.25, 0.3) is 11.5 Å². The van der Waals surface area contributed by atoms with Crippen LogP contribution in [0.2, 0.25) is 0 Å². The van der Waals surface area contributed by atoms with Crippen molar-refractivity contribution in [1.82, 2.24) is 4.98 Å². The van der Waals surface area contributed by atoms with Crippen LogP contribution in [-0.4, -0.2) is 16.5 Å². The molecule has 18 heavy (non-hydrogen) atoms. The van der Waals surface area contributed by atoms with E-state index in [9.17, 15) is 10.1 Å². The molecule has 0 radical (unpaired) electrons. The van der Waals surface area contributed by atoms with E-state index >= 15 is 0 Å². The van der Waals surface area contributed by atoms with E-state index in [1.54, 1.807) is 12.1 Å². The molecule has 0 saturated carbocycles. The number of nitrogens with zero attached hydrogens (tertiary/aromatic N) is 2. The molecule has 0 aromatic carbocycles. The Balaban J connectivity index is 2.40. The van der Waals surface area contributed by atoms with E-state index in [0.29, 0.717) is 23.8 Å². The van der Waals surface area contributed by atoms with Crippen molar-refractivity contribution in [3.63, 3.8) is 0 Å². The highest BCUT2D eigenvalue weighted by molar-refractivity contribution is 5.61. The van der Waals surface area contributed by atoms with Gasteiger partial charge >= 0.3 is 0 Å². The van der Waals surface area contributed by atoms with Gasteiger partial charge in [-0.3, -0.25) is 10.1 Å². The first-order chi connectivity index (χ1) is 8.70. The van der Waals surface area contributed by atoms with Gasteiger partial charge < -0.3 is 9.73 Å². The zero-order chi connectivity index (χ0) is 13.0. The van der Waals surface area contributed by atoms with Gasteiger partial charge in [-0.05, 0) is 18.6 Å². The van der Waals surface area contributed by atoms with E-state index in [1.807, 2.05) is 6.92 Å². The van der Waals surface area contributed by atoms with Crippen molar-refractivity contribution in [2.75, 3.05) is 11.9 Å². The van der Waals surface area contributed by atoms with E-state index < -0.39 is 4.92 Å². The van der Waals surface area contributed by atoms with Crippen molar-refractivity contribution >= 4 is 11.5 Å². The molecule has 0 amide bonds. The summed E-state index contributed by atoms with van der Waals surface area (Å²) >= 11 is 0. The third-order valence-corrected chi connectivity index (χ3v) is 2.35. The van der Waals surface area contributed by atoms with Gasteiger partial charge in [-0.15, -0.1) is 0 Å². The highest BCUT2D eigenvalue weighted by Gasteiger charge is 2.13. The van der Waals surface area contributed by atoms with E-state index in [2.05, 4.69) is 10.3 Å². The molecule has 0 aliphatic heterocycles. The highest BCUT2D eigenvalue weighted by atomic mass is 16.6. The number of anilines is 1. The van der Waals surface area contributed by atoms with E-state index in [-0.39, 0.29) is 5.69 Å². The average Bonchev–Trinajstić information content (AvgIpc) is 2.89. The number of furan rings is 1. The smallest absolute Gasteiger partial charge is 0.275 e. The second-order valence-electron chi connectivity index (χ2n) is 3.76. The van der Waals surface area contributed by atoms with Gasteiger partial charge in [0.05, 0.1) is 17.3 Å². The molecule has 0 atom stereocenters. The molecule has 2 aromatic rings. The summed E-state index contributed by atoms with van der Waals surface area (Å²) < 4.78 is 5.20. The summed E-state index contributed by atoms with van der Waals surface area (Å²) in [7, 11) is 0. The molecule has 6 heteroatoms. The van der Waals surface area contributed by atoms with E-state index in [0.717, 1.165) is 6.42 Å². The molecule has 0 bridgehead atoms. The van der Waals surface area contributed by atoms with Gasteiger partial charge in [0.1, 0.15) is 11.5 Å². The maximum absolute atomic E-state index is 10.9. The van der Waals surface area contributed by atoms with Crippen LogP contribution in [0.5, 0.6) is 0 Å². The predicted octanol–water partition coefficient (Wildman–Crippen LogP) is 3.07. The molecule has 6 nitrogen and oxygen atoms in total. The number of aromatic nitrogens is 1. The monoisotopic (exact) mass is 247 g/mol. The molecule has 0 spiro atoms. The molecule has 0 aliphatic carbocycles. The molecule has 2 rings (SSSR count). The summed E-state index contributed by atoms with van der Waals surface area (Å²) in [6.07, 6.45) is 2.43. The first-order valence-corrected chi connectivity index (χ1v) is 5.65. The first kappa shape index (κ1) is 12.1. The van der Waals surface area contributed by atoms with Crippen molar-refractivity contribution in [3.8, 4) is 11.5 Å². The summed E-state index contributed by atoms with van der Waals surface area (Å²) in [5.74, 6) is 0.996. The molecule has 94 valence electrons. The summed E-state index contributed by atoms with van der Waals surface area (Å²) in [5.41, 5.74) is 0.447. The number of pyridine rings is 1. The first-order valence-electron chi connectivity index (χ1n) is 5.65. The summed E-state index contributed by atoms with van der Waals surface area (Å²) in [6.45, 7) is 2.73. The Morgan fingerprint density at radius 1 is 1.50 bits per heavy atom. The standard InChI is InChI=1S/C12H13N3O3/c1-2-5-13-12-8-9(15(16)17)7-10(14-12)11-4-3-6-18-11/h3-4,6-8H,2,5H2,1H3,(H,13,14). The van der Waals surface area contributed by atoms with E-state index in [1.165, 1.54) is 18.4 Å². The minimum atomic E-state index is -0.439. The van der Waals surface area contributed by atoms with Crippen LogP contribution in [0.4, 0.5) is 11.5 Å². The van der Waals surface area contributed by atoms with Crippen molar-refractivity contribution in [3.05, 3.63) is 40.6 Å². The Morgan fingerprint density at radius 2 is 2.33 bits per heavy atom. The predicted molar refractivity (Wildman–Crippen MR) is 67.4 cm³/mol. The molecular formula is C12H13N3O3. The third-order valence-electron chi connectivity index (χ3n) is 2.35. The molecule has 0 fully saturated rings. The van der Waals surface area contributed by atoms with Crippen molar-refractivity contribution in [2.24, 2.45) is 0 Å². The second kappa shape index (κ2) is 5.31. The van der Waals surface area contributed by atoms with Crippen LogP contribution in [0.3, 0.4) is 0 Å². The minimum absolute atomic E-state index is 0.00463. The van der Waals surface area contributed by atoms with Crippen LogP contribution < -0.4 is 5.32 Å². The summed E-state index contributed by atoms with van der Waals surface area (Å²) in [4.78, 5) is 14.7. The van der Waals surface area contributed by atoms with Gasteiger partial charge in [-0.1, -0.05) is 6.92 Å². The fraction of sp³-hybridized carbons (Fsp3) is 0.250. The van der Waals surface area contributed by atoms with Crippen LogP contribution in [-0.2, 0) is 0 Å². The van der Waals surface area contributed by atoms with Crippen molar-refractivity contribution in [2.45, 2.75) is 13.3 Å². The quantitative estimate of drug-likeness (QED) is 0.648. The fourth-order valence-electron chi connectivity index (χ4n) is 1.52. The minimum Gasteiger partial charge on any atom is -0.463 e. The number of hydrogen-bond donors (Lipinski definition) is 1. The lowest BCUT2D eigenvalue weighted by Crippen LogP contribution is -2.03. The Labute approximate surface area is 104 Å². The van der Waals surface area contributed by atoms with Gasteiger partial charge in [0, 0.05) is 12.6 Å². The normalized spacial score (nSPS) is 10.3. The zero-order valence-electron chi connectivity index (χ0n) is 9.92. The van der Waals surface area contributed by atoms with Gasteiger partial charge in [0.15, 0.2) is 5.76 Å². The van der Waals surface area contributed by atoms with Crippen LogP contribution in [0.15, 0.2) is 34.9 Å². The molecule has 0 aliphatic rings. The Bertz CT molecular complexity index is 538. The Kier molecular flexibility index (Phi) is 3.57. The number of hydrogen-bond acceptors (Lipinski definition) is 5. The molecule has 2 aromatic heterocycles. The fourth-order valence-corrected chi connectivity index (χ4v) is 1.52. The Morgan fingerprint density at radius 3 is 2.94 bits per heavy atom. The van der Waals surface area contributed by atoms with Gasteiger partial charge in [0.2, 0.25) is 0 Å².